The Bertz CT molecular complexity index is 483. The first kappa shape index (κ1) is 16.2. The highest BCUT2D eigenvalue weighted by molar-refractivity contribution is 5.90. The minimum absolute atomic E-state index is 0.166. The number of benzene rings is 1. The van der Waals surface area contributed by atoms with E-state index in [0.29, 0.717) is 12.0 Å². The summed E-state index contributed by atoms with van der Waals surface area (Å²) in [4.78, 5) is 24.0. The van der Waals surface area contributed by atoms with Crippen LogP contribution in [0.1, 0.15) is 32.8 Å². The van der Waals surface area contributed by atoms with Gasteiger partial charge in [0.15, 0.2) is 5.54 Å². The van der Waals surface area contributed by atoms with E-state index in [1.54, 1.807) is 37.3 Å². The van der Waals surface area contributed by atoms with Crippen molar-refractivity contribution in [3.05, 3.63) is 35.9 Å². The lowest BCUT2D eigenvalue weighted by Gasteiger charge is -2.33. The summed E-state index contributed by atoms with van der Waals surface area (Å²) in [6, 6.07) is 8.64. The van der Waals surface area contributed by atoms with Gasteiger partial charge in [0, 0.05) is 6.54 Å². The average molecular weight is 278 g/mol. The number of carboxylic acids is 1. The molecule has 4 N–H and O–H groups in total. The lowest BCUT2D eigenvalue weighted by Crippen LogP contribution is -2.55. The fraction of sp³-hybridized carbons (Fsp3) is 0.467. The topological polar surface area (TPSA) is 92.4 Å². The van der Waals surface area contributed by atoms with Crippen LogP contribution in [0.25, 0.3) is 0 Å². The second-order valence-corrected chi connectivity index (χ2v) is 5.37. The molecule has 2 unspecified atom stereocenters. The lowest BCUT2D eigenvalue weighted by atomic mass is 9.84. The summed E-state index contributed by atoms with van der Waals surface area (Å²) >= 11 is 0. The molecule has 0 spiro atoms. The van der Waals surface area contributed by atoms with Crippen LogP contribution in [-0.2, 0) is 15.1 Å². The molecule has 1 aromatic rings. The van der Waals surface area contributed by atoms with Gasteiger partial charge < -0.3 is 16.2 Å². The Morgan fingerprint density at radius 2 is 1.80 bits per heavy atom. The van der Waals surface area contributed by atoms with Crippen LogP contribution >= 0.6 is 0 Å². The Morgan fingerprint density at radius 3 is 2.20 bits per heavy atom. The average Bonchev–Trinajstić information content (AvgIpc) is 2.46. The smallest absolute Gasteiger partial charge is 0.333 e. The van der Waals surface area contributed by atoms with E-state index >= 15 is 0 Å². The number of hydrogen-bond acceptors (Lipinski definition) is 3. The highest BCUT2D eigenvalue weighted by Gasteiger charge is 2.41. The minimum Gasteiger partial charge on any atom is -0.479 e. The van der Waals surface area contributed by atoms with Crippen molar-refractivity contribution in [2.75, 3.05) is 6.54 Å². The molecule has 5 heteroatoms. The molecule has 0 aromatic heterocycles. The number of nitrogens with one attached hydrogen (secondary N) is 1. The molecule has 0 fully saturated rings. The minimum atomic E-state index is -1.47. The number of nitrogens with two attached hydrogens (primary N) is 1. The zero-order chi connectivity index (χ0) is 15.4. The summed E-state index contributed by atoms with van der Waals surface area (Å²) in [5, 5.41) is 12.1. The molecule has 0 radical (unpaired) electrons. The summed E-state index contributed by atoms with van der Waals surface area (Å²) in [6.45, 7) is 5.23. The van der Waals surface area contributed by atoms with E-state index in [1.807, 2.05) is 6.92 Å². The largest absolute Gasteiger partial charge is 0.479 e. The third-order valence-corrected chi connectivity index (χ3v) is 3.92. The third-order valence-electron chi connectivity index (χ3n) is 3.92. The van der Waals surface area contributed by atoms with Crippen molar-refractivity contribution in [2.45, 2.75) is 32.7 Å². The van der Waals surface area contributed by atoms with Crippen molar-refractivity contribution in [1.29, 1.82) is 0 Å². The van der Waals surface area contributed by atoms with Gasteiger partial charge in [0.25, 0.3) is 0 Å². The number of carboxylic acid groups (broad SMARTS) is 1. The Labute approximate surface area is 119 Å². The first-order valence-corrected chi connectivity index (χ1v) is 6.62. The maximum atomic E-state index is 12.4. The molecule has 20 heavy (non-hydrogen) atoms. The normalized spacial score (nSPS) is 16.8. The van der Waals surface area contributed by atoms with Crippen molar-refractivity contribution in [1.82, 2.24) is 5.32 Å². The predicted octanol–water partition coefficient (Wildman–Crippen LogP) is 1.48. The maximum Gasteiger partial charge on any atom is 0.333 e. The molecule has 0 heterocycles. The number of hydrogen-bond donors (Lipinski definition) is 3. The molecule has 0 bridgehead atoms. The Hall–Kier alpha value is -1.88. The number of carbonyl (C=O) groups is 2. The maximum absolute atomic E-state index is 12.4. The van der Waals surface area contributed by atoms with Crippen LogP contribution in [0.5, 0.6) is 0 Å². The van der Waals surface area contributed by atoms with Gasteiger partial charge in [0.05, 0.1) is 5.41 Å². The van der Waals surface area contributed by atoms with E-state index in [-0.39, 0.29) is 12.5 Å². The molecule has 0 saturated carbocycles. The van der Waals surface area contributed by atoms with Gasteiger partial charge in [0.1, 0.15) is 0 Å². The molecule has 1 amide bonds. The van der Waals surface area contributed by atoms with Crippen molar-refractivity contribution in [3.63, 3.8) is 0 Å². The highest BCUT2D eigenvalue weighted by atomic mass is 16.4. The fourth-order valence-electron chi connectivity index (χ4n) is 1.80. The Balaban J connectivity index is 3.12. The van der Waals surface area contributed by atoms with Gasteiger partial charge in [-0.15, -0.1) is 0 Å². The Kier molecular flexibility index (Phi) is 4.89. The van der Waals surface area contributed by atoms with Crippen molar-refractivity contribution >= 4 is 11.9 Å². The van der Waals surface area contributed by atoms with E-state index in [2.05, 4.69) is 5.32 Å². The van der Waals surface area contributed by atoms with Gasteiger partial charge in [-0.2, -0.15) is 0 Å². The molecular formula is C15H22N2O3. The second kappa shape index (κ2) is 6.05. The van der Waals surface area contributed by atoms with Gasteiger partial charge in [-0.05, 0) is 25.8 Å². The molecule has 2 atom stereocenters. The van der Waals surface area contributed by atoms with E-state index in [4.69, 9.17) is 5.73 Å². The monoisotopic (exact) mass is 278 g/mol. The van der Waals surface area contributed by atoms with Crippen LogP contribution < -0.4 is 11.1 Å². The SMILES string of the molecule is CCC(C)(CN)C(=O)NC(C)(C(=O)O)c1ccccc1. The van der Waals surface area contributed by atoms with Crippen LogP contribution in [0, 0.1) is 5.41 Å². The van der Waals surface area contributed by atoms with Gasteiger partial charge in [-0.1, -0.05) is 37.3 Å². The molecule has 1 aromatic carbocycles. The zero-order valence-corrected chi connectivity index (χ0v) is 12.1. The summed E-state index contributed by atoms with van der Waals surface area (Å²) in [7, 11) is 0. The lowest BCUT2D eigenvalue weighted by molar-refractivity contribution is -0.149. The van der Waals surface area contributed by atoms with Crippen molar-refractivity contribution in [2.24, 2.45) is 11.1 Å². The van der Waals surface area contributed by atoms with Crippen LogP contribution in [0.3, 0.4) is 0 Å². The summed E-state index contributed by atoms with van der Waals surface area (Å²) in [5.74, 6) is -1.45. The molecule has 5 nitrogen and oxygen atoms in total. The zero-order valence-electron chi connectivity index (χ0n) is 12.1. The number of amides is 1. The second-order valence-electron chi connectivity index (χ2n) is 5.37. The molecule has 1 rings (SSSR count). The van der Waals surface area contributed by atoms with E-state index in [9.17, 15) is 14.7 Å². The first-order valence-electron chi connectivity index (χ1n) is 6.62. The van der Waals surface area contributed by atoms with Crippen LogP contribution in [0.4, 0.5) is 0 Å². The van der Waals surface area contributed by atoms with Crippen molar-refractivity contribution < 1.29 is 14.7 Å². The van der Waals surface area contributed by atoms with Crippen LogP contribution in [0.2, 0.25) is 0 Å². The molecule has 0 aliphatic carbocycles. The summed E-state index contributed by atoms with van der Waals surface area (Å²) in [6.07, 6.45) is 0.541. The fourth-order valence-corrected chi connectivity index (χ4v) is 1.80. The van der Waals surface area contributed by atoms with E-state index in [0.717, 1.165) is 0 Å². The summed E-state index contributed by atoms with van der Waals surface area (Å²) in [5.41, 5.74) is 3.93. The summed E-state index contributed by atoms with van der Waals surface area (Å²) < 4.78 is 0. The first-order chi connectivity index (χ1) is 9.30. The van der Waals surface area contributed by atoms with E-state index < -0.39 is 16.9 Å². The molecule has 110 valence electrons. The number of rotatable bonds is 6. The van der Waals surface area contributed by atoms with Crippen molar-refractivity contribution in [3.8, 4) is 0 Å². The van der Waals surface area contributed by atoms with Gasteiger partial charge in [-0.3, -0.25) is 4.79 Å². The third kappa shape index (κ3) is 2.99. The highest BCUT2D eigenvalue weighted by Crippen LogP contribution is 2.25. The number of carbonyl (C=O) groups excluding carboxylic acids is 1. The molecule has 0 saturated heterocycles. The number of aliphatic carboxylic acids is 1. The van der Waals surface area contributed by atoms with Crippen LogP contribution in [0.15, 0.2) is 30.3 Å². The quantitative estimate of drug-likeness (QED) is 0.735. The van der Waals surface area contributed by atoms with Gasteiger partial charge in [0.2, 0.25) is 5.91 Å². The predicted molar refractivity (Wildman–Crippen MR) is 77.0 cm³/mol. The van der Waals surface area contributed by atoms with E-state index in [1.165, 1.54) is 6.92 Å². The standard InChI is InChI=1S/C15H22N2O3/c1-4-14(2,10-16)12(18)17-15(3,13(19)20)11-8-6-5-7-9-11/h5-9H,4,10,16H2,1-3H3,(H,17,18)(H,19,20). The van der Waals surface area contributed by atoms with Gasteiger partial charge in [-0.25, -0.2) is 4.79 Å². The van der Waals surface area contributed by atoms with Crippen LogP contribution in [-0.4, -0.2) is 23.5 Å². The molecule has 0 aliphatic heterocycles. The Morgan fingerprint density at radius 1 is 1.25 bits per heavy atom. The molecular weight excluding hydrogens is 256 g/mol. The van der Waals surface area contributed by atoms with Gasteiger partial charge >= 0.3 is 5.97 Å². The molecule has 0 aliphatic rings.